The Balaban J connectivity index is 0.00000400. The van der Waals surface area contributed by atoms with Crippen LogP contribution < -0.4 is 15.4 Å². The van der Waals surface area contributed by atoms with Gasteiger partial charge in [0.15, 0.2) is 5.96 Å². The fraction of sp³-hybridized carbons (Fsp3) is 0.562. The van der Waals surface area contributed by atoms with Crippen LogP contribution in [0.1, 0.15) is 38.8 Å². The number of hydrogen-bond acceptors (Lipinski definition) is 2. The molecule has 0 bridgehead atoms. The Labute approximate surface area is 145 Å². The summed E-state index contributed by atoms with van der Waals surface area (Å²) >= 11 is 0. The Hall–Kier alpha value is -0.980. The number of halogens is 1. The zero-order valence-electron chi connectivity index (χ0n) is 13.7. The zero-order valence-corrected chi connectivity index (χ0v) is 16.0. The van der Waals surface area contributed by atoms with Gasteiger partial charge >= 0.3 is 0 Å². The highest BCUT2D eigenvalue weighted by atomic mass is 127. The van der Waals surface area contributed by atoms with Gasteiger partial charge in [-0.25, -0.2) is 4.99 Å². The molecule has 0 fully saturated rings. The van der Waals surface area contributed by atoms with Gasteiger partial charge in [0.05, 0.1) is 12.6 Å². The highest BCUT2D eigenvalue weighted by Gasteiger charge is 2.06. The molecule has 2 N–H and O–H groups in total. The van der Waals surface area contributed by atoms with Gasteiger partial charge in [-0.2, -0.15) is 0 Å². The average molecular weight is 405 g/mol. The molecule has 1 aromatic rings. The number of nitrogens with one attached hydrogen (secondary N) is 2. The van der Waals surface area contributed by atoms with Crippen molar-refractivity contribution in [3.05, 3.63) is 29.3 Å². The van der Waals surface area contributed by atoms with Crippen molar-refractivity contribution >= 4 is 29.9 Å². The minimum Gasteiger partial charge on any atom is -0.491 e. The molecule has 1 rings (SSSR count). The zero-order chi connectivity index (χ0) is 15.0. The number of guanidine groups is 1. The second-order valence-corrected chi connectivity index (χ2v) is 5.00. The van der Waals surface area contributed by atoms with Crippen molar-refractivity contribution in [1.29, 1.82) is 0 Å². The van der Waals surface area contributed by atoms with Crippen LogP contribution in [-0.2, 0) is 6.54 Å². The smallest absolute Gasteiger partial charge is 0.191 e. The molecule has 0 spiro atoms. The third kappa shape index (κ3) is 7.55. The van der Waals surface area contributed by atoms with Crippen LogP contribution in [0.4, 0.5) is 0 Å². The van der Waals surface area contributed by atoms with E-state index in [0.29, 0.717) is 6.54 Å². The Bertz CT molecular complexity index is 439. The van der Waals surface area contributed by atoms with E-state index >= 15 is 0 Å². The number of aliphatic imine (C=N–C) groups is 1. The fourth-order valence-electron chi connectivity index (χ4n) is 1.83. The lowest BCUT2D eigenvalue weighted by molar-refractivity contribution is 0.240. The standard InChI is InChI=1S/C16H27N3O.HI/c1-6-17-16(18-7-2)19-11-14-9-8-13(5)10-15(14)20-12(3)4;/h8-10,12H,6-7,11H2,1-5H3,(H2,17,18,19);1H. The summed E-state index contributed by atoms with van der Waals surface area (Å²) in [6.07, 6.45) is 0.168. The molecule has 0 saturated heterocycles. The second-order valence-electron chi connectivity index (χ2n) is 5.00. The first-order valence-electron chi connectivity index (χ1n) is 7.35. The van der Waals surface area contributed by atoms with Crippen LogP contribution in [0.2, 0.25) is 0 Å². The predicted molar refractivity (Wildman–Crippen MR) is 101 cm³/mol. The van der Waals surface area contributed by atoms with Crippen molar-refractivity contribution in [2.75, 3.05) is 13.1 Å². The molecule has 0 aliphatic carbocycles. The molecule has 0 unspecified atom stereocenters. The molecular formula is C16H28IN3O. The molecule has 0 aromatic heterocycles. The number of hydrogen-bond donors (Lipinski definition) is 2. The van der Waals surface area contributed by atoms with E-state index in [-0.39, 0.29) is 30.1 Å². The van der Waals surface area contributed by atoms with Crippen LogP contribution >= 0.6 is 24.0 Å². The van der Waals surface area contributed by atoms with E-state index in [1.165, 1.54) is 5.56 Å². The maximum atomic E-state index is 5.87. The number of benzene rings is 1. The van der Waals surface area contributed by atoms with Crippen molar-refractivity contribution in [2.45, 2.75) is 47.3 Å². The molecule has 21 heavy (non-hydrogen) atoms. The average Bonchev–Trinajstić information content (AvgIpc) is 2.37. The van der Waals surface area contributed by atoms with Gasteiger partial charge in [0, 0.05) is 18.7 Å². The second kappa shape index (κ2) is 10.7. The highest BCUT2D eigenvalue weighted by Crippen LogP contribution is 2.22. The van der Waals surface area contributed by atoms with Gasteiger partial charge in [-0.3, -0.25) is 0 Å². The summed E-state index contributed by atoms with van der Waals surface area (Å²) in [7, 11) is 0. The summed E-state index contributed by atoms with van der Waals surface area (Å²) in [5.74, 6) is 1.77. The largest absolute Gasteiger partial charge is 0.491 e. The van der Waals surface area contributed by atoms with E-state index in [1.807, 2.05) is 13.8 Å². The van der Waals surface area contributed by atoms with Gasteiger partial charge in [-0.1, -0.05) is 12.1 Å². The molecule has 0 amide bonds. The quantitative estimate of drug-likeness (QED) is 0.433. The van der Waals surface area contributed by atoms with Crippen LogP contribution in [0.15, 0.2) is 23.2 Å². The summed E-state index contributed by atoms with van der Waals surface area (Å²) in [5.41, 5.74) is 2.31. The molecule has 0 radical (unpaired) electrons. The van der Waals surface area contributed by atoms with Gasteiger partial charge < -0.3 is 15.4 Å². The Kier molecular flexibility index (Phi) is 10.2. The Morgan fingerprint density at radius 2 is 1.81 bits per heavy atom. The van der Waals surface area contributed by atoms with E-state index < -0.39 is 0 Å². The summed E-state index contributed by atoms with van der Waals surface area (Å²) in [6.45, 7) is 12.6. The monoisotopic (exact) mass is 405 g/mol. The maximum absolute atomic E-state index is 5.87. The SMILES string of the molecule is CCNC(=NCc1ccc(C)cc1OC(C)C)NCC.I. The minimum atomic E-state index is 0. The summed E-state index contributed by atoms with van der Waals surface area (Å²) in [4.78, 5) is 4.59. The van der Waals surface area contributed by atoms with E-state index in [0.717, 1.165) is 30.4 Å². The van der Waals surface area contributed by atoms with E-state index in [9.17, 15) is 0 Å². The first kappa shape index (κ1) is 20.0. The Morgan fingerprint density at radius 3 is 2.33 bits per heavy atom. The summed E-state index contributed by atoms with van der Waals surface area (Å²) in [5, 5.41) is 6.45. The first-order chi connectivity index (χ1) is 9.56. The maximum Gasteiger partial charge on any atom is 0.191 e. The van der Waals surface area contributed by atoms with Gasteiger partial charge in [0.2, 0.25) is 0 Å². The van der Waals surface area contributed by atoms with Crippen molar-refractivity contribution in [3.8, 4) is 5.75 Å². The third-order valence-corrected chi connectivity index (χ3v) is 2.68. The molecule has 120 valence electrons. The molecule has 0 saturated carbocycles. The first-order valence-corrected chi connectivity index (χ1v) is 7.35. The summed E-state index contributed by atoms with van der Waals surface area (Å²) < 4.78 is 5.87. The van der Waals surface area contributed by atoms with Gasteiger partial charge in [-0.05, 0) is 46.2 Å². The van der Waals surface area contributed by atoms with Gasteiger partial charge in [-0.15, -0.1) is 24.0 Å². The number of ether oxygens (including phenoxy) is 1. The van der Waals surface area contributed by atoms with Gasteiger partial charge in [0.25, 0.3) is 0 Å². The molecule has 1 aromatic carbocycles. The van der Waals surface area contributed by atoms with E-state index in [2.05, 4.69) is 54.6 Å². The van der Waals surface area contributed by atoms with Crippen molar-refractivity contribution in [2.24, 2.45) is 4.99 Å². The number of rotatable bonds is 6. The molecule has 0 aliphatic heterocycles. The molecule has 0 atom stereocenters. The van der Waals surface area contributed by atoms with Crippen molar-refractivity contribution in [3.63, 3.8) is 0 Å². The van der Waals surface area contributed by atoms with Crippen LogP contribution in [0, 0.1) is 6.92 Å². The highest BCUT2D eigenvalue weighted by molar-refractivity contribution is 14.0. The lowest BCUT2D eigenvalue weighted by atomic mass is 10.1. The van der Waals surface area contributed by atoms with Crippen LogP contribution in [0.3, 0.4) is 0 Å². The molecule has 0 aliphatic rings. The van der Waals surface area contributed by atoms with E-state index in [4.69, 9.17) is 4.74 Å². The topological polar surface area (TPSA) is 45.7 Å². The van der Waals surface area contributed by atoms with E-state index in [1.54, 1.807) is 0 Å². The van der Waals surface area contributed by atoms with Crippen LogP contribution in [0.5, 0.6) is 5.75 Å². The lowest BCUT2D eigenvalue weighted by Crippen LogP contribution is -2.37. The molecular weight excluding hydrogens is 377 g/mol. The van der Waals surface area contributed by atoms with Gasteiger partial charge in [0.1, 0.15) is 5.75 Å². The predicted octanol–water partition coefficient (Wildman–Crippen LogP) is 3.48. The Morgan fingerprint density at radius 1 is 1.19 bits per heavy atom. The minimum absolute atomic E-state index is 0. The summed E-state index contributed by atoms with van der Waals surface area (Å²) in [6, 6.07) is 6.26. The molecule has 5 heteroatoms. The molecule has 0 heterocycles. The molecule has 4 nitrogen and oxygen atoms in total. The van der Waals surface area contributed by atoms with Crippen LogP contribution in [0.25, 0.3) is 0 Å². The number of nitrogens with zero attached hydrogens (tertiary/aromatic N) is 1. The van der Waals surface area contributed by atoms with Crippen LogP contribution in [-0.4, -0.2) is 25.2 Å². The fourth-order valence-corrected chi connectivity index (χ4v) is 1.83. The third-order valence-electron chi connectivity index (χ3n) is 2.68. The normalized spacial score (nSPS) is 9.81. The number of aryl methyl sites for hydroxylation is 1. The van der Waals surface area contributed by atoms with Crippen molar-refractivity contribution < 1.29 is 4.74 Å². The van der Waals surface area contributed by atoms with Crippen molar-refractivity contribution in [1.82, 2.24) is 10.6 Å². The lowest BCUT2D eigenvalue weighted by Gasteiger charge is -2.15.